The van der Waals surface area contributed by atoms with E-state index in [9.17, 15) is 4.79 Å². The highest BCUT2D eigenvalue weighted by Gasteiger charge is 2.36. The number of hydrogen-bond donors (Lipinski definition) is 1. The van der Waals surface area contributed by atoms with Gasteiger partial charge in [-0.1, -0.05) is 5.16 Å². The molecule has 2 atom stereocenters. The minimum atomic E-state index is -0.0116. The van der Waals surface area contributed by atoms with E-state index in [1.807, 2.05) is 43.0 Å². The summed E-state index contributed by atoms with van der Waals surface area (Å²) in [4.78, 5) is 22.4. The summed E-state index contributed by atoms with van der Waals surface area (Å²) < 4.78 is 11.0. The first-order chi connectivity index (χ1) is 12.5. The maximum atomic E-state index is 13.0. The predicted molar refractivity (Wildman–Crippen MR) is 96.0 cm³/mol. The van der Waals surface area contributed by atoms with Gasteiger partial charge in [0, 0.05) is 44.2 Å². The molecule has 0 spiro atoms. The van der Waals surface area contributed by atoms with E-state index in [1.54, 1.807) is 7.11 Å². The third kappa shape index (κ3) is 3.10. The van der Waals surface area contributed by atoms with Gasteiger partial charge in [0.2, 0.25) is 0 Å². The van der Waals surface area contributed by atoms with Crippen molar-refractivity contribution in [2.24, 2.45) is 5.92 Å². The lowest BCUT2D eigenvalue weighted by Gasteiger charge is -2.16. The van der Waals surface area contributed by atoms with Crippen molar-refractivity contribution in [2.75, 3.05) is 20.2 Å². The Balaban J connectivity index is 1.51. The van der Waals surface area contributed by atoms with E-state index in [2.05, 4.69) is 15.1 Å². The van der Waals surface area contributed by atoms with Crippen molar-refractivity contribution < 1.29 is 14.1 Å². The zero-order valence-electron chi connectivity index (χ0n) is 15.2. The number of benzene rings is 1. The Morgan fingerprint density at radius 3 is 2.92 bits per heavy atom. The molecule has 1 aliphatic rings. The molecule has 1 saturated heterocycles. The number of likely N-dealkylation sites (tertiary alicyclic amines) is 1. The van der Waals surface area contributed by atoms with Crippen molar-refractivity contribution in [3.8, 4) is 0 Å². The van der Waals surface area contributed by atoms with Gasteiger partial charge in [0.05, 0.1) is 22.8 Å². The van der Waals surface area contributed by atoms with Crippen LogP contribution in [0, 0.1) is 19.8 Å². The third-order valence-corrected chi connectivity index (χ3v) is 4.96. The van der Waals surface area contributed by atoms with Crippen LogP contribution in [-0.4, -0.2) is 52.2 Å². The summed E-state index contributed by atoms with van der Waals surface area (Å²) in [5.74, 6) is 1.87. The summed E-state index contributed by atoms with van der Waals surface area (Å²) in [5, 5.41) is 3.94. The van der Waals surface area contributed by atoms with Crippen molar-refractivity contribution in [3.05, 3.63) is 47.1 Å². The van der Waals surface area contributed by atoms with Gasteiger partial charge in [-0.25, -0.2) is 4.98 Å². The lowest BCUT2D eigenvalue weighted by molar-refractivity contribution is 0.0672. The van der Waals surface area contributed by atoms with Gasteiger partial charge >= 0.3 is 0 Å². The van der Waals surface area contributed by atoms with E-state index in [4.69, 9.17) is 9.26 Å². The van der Waals surface area contributed by atoms with Crippen molar-refractivity contribution >= 4 is 16.9 Å². The van der Waals surface area contributed by atoms with Gasteiger partial charge in [0.25, 0.3) is 5.91 Å². The number of aromatic nitrogens is 3. The number of nitrogens with one attached hydrogen (secondary N) is 1. The van der Waals surface area contributed by atoms with Gasteiger partial charge < -0.3 is 19.1 Å². The van der Waals surface area contributed by atoms with Crippen LogP contribution in [0.1, 0.15) is 27.6 Å². The molecular formula is C19H22N4O3. The Hall–Kier alpha value is -2.67. The van der Waals surface area contributed by atoms with Gasteiger partial charge in [0.1, 0.15) is 11.6 Å². The van der Waals surface area contributed by atoms with Crippen LogP contribution in [0.25, 0.3) is 11.0 Å². The molecule has 0 aliphatic carbocycles. The zero-order valence-corrected chi connectivity index (χ0v) is 15.2. The summed E-state index contributed by atoms with van der Waals surface area (Å²) in [7, 11) is 1.69. The van der Waals surface area contributed by atoms with Crippen LogP contribution in [-0.2, 0) is 11.2 Å². The second-order valence-corrected chi connectivity index (χ2v) is 6.94. The molecule has 3 heterocycles. The molecule has 26 heavy (non-hydrogen) atoms. The molecular weight excluding hydrogens is 332 g/mol. The molecule has 3 aromatic rings. The lowest BCUT2D eigenvalue weighted by Crippen LogP contribution is -2.29. The van der Waals surface area contributed by atoms with Gasteiger partial charge in [-0.05, 0) is 32.0 Å². The van der Waals surface area contributed by atoms with Crippen LogP contribution in [0.2, 0.25) is 0 Å². The summed E-state index contributed by atoms with van der Waals surface area (Å²) in [6.07, 6.45) is 0.699. The van der Waals surface area contributed by atoms with Crippen molar-refractivity contribution in [1.82, 2.24) is 20.0 Å². The molecule has 2 aromatic heterocycles. The summed E-state index contributed by atoms with van der Waals surface area (Å²) in [6, 6.07) is 7.52. The second kappa shape index (κ2) is 6.57. The minimum absolute atomic E-state index is 0.0115. The number of aryl methyl sites for hydroxylation is 2. The van der Waals surface area contributed by atoms with E-state index in [0.717, 1.165) is 28.3 Å². The van der Waals surface area contributed by atoms with Crippen LogP contribution in [0.3, 0.4) is 0 Å². The van der Waals surface area contributed by atoms with Gasteiger partial charge in [-0.2, -0.15) is 0 Å². The average molecular weight is 354 g/mol. The molecule has 1 N–H and O–H groups in total. The maximum Gasteiger partial charge on any atom is 0.254 e. The first-order valence-corrected chi connectivity index (χ1v) is 8.74. The van der Waals surface area contributed by atoms with Gasteiger partial charge in [0.15, 0.2) is 0 Å². The monoisotopic (exact) mass is 354 g/mol. The standard InChI is InChI=1S/C19H22N4O3/c1-11-6-15(26-22-11)7-14-9-23(10-18(14)25-3)19(24)13-4-5-16-17(8-13)21-12(2)20-16/h4-6,8,14,18H,7,9-10H2,1-3H3,(H,20,21)/t14-,18+/m1/s1. The number of fused-ring (bicyclic) bond motifs is 1. The molecule has 4 rings (SSSR count). The molecule has 136 valence electrons. The first-order valence-electron chi connectivity index (χ1n) is 8.74. The predicted octanol–water partition coefficient (Wildman–Crippen LogP) is 2.50. The fourth-order valence-corrected chi connectivity index (χ4v) is 3.69. The molecule has 0 unspecified atom stereocenters. The van der Waals surface area contributed by atoms with Gasteiger partial charge in [-0.3, -0.25) is 4.79 Å². The summed E-state index contributed by atoms with van der Waals surface area (Å²) in [6.45, 7) is 5.02. The van der Waals surface area contributed by atoms with Crippen LogP contribution < -0.4 is 0 Å². The van der Waals surface area contributed by atoms with E-state index in [-0.39, 0.29) is 17.9 Å². The number of aromatic amines is 1. The largest absolute Gasteiger partial charge is 0.379 e. The normalized spacial score (nSPS) is 20.2. The van der Waals surface area contributed by atoms with Crippen molar-refractivity contribution in [1.29, 1.82) is 0 Å². The second-order valence-electron chi connectivity index (χ2n) is 6.94. The number of carbonyl (C=O) groups is 1. The molecule has 0 saturated carbocycles. The molecule has 1 amide bonds. The topological polar surface area (TPSA) is 84.2 Å². The maximum absolute atomic E-state index is 13.0. The van der Waals surface area contributed by atoms with E-state index < -0.39 is 0 Å². The molecule has 1 aromatic carbocycles. The Labute approximate surface area is 151 Å². The summed E-state index contributed by atoms with van der Waals surface area (Å²) in [5.41, 5.74) is 3.27. The SMILES string of the molecule is CO[C@H]1CN(C(=O)c2ccc3nc(C)[nH]c3c2)C[C@H]1Cc1cc(C)no1. The quantitative estimate of drug-likeness (QED) is 0.778. The van der Waals surface area contributed by atoms with Crippen LogP contribution in [0.5, 0.6) is 0 Å². The highest BCUT2D eigenvalue weighted by molar-refractivity contribution is 5.97. The average Bonchev–Trinajstić information content (AvgIpc) is 3.31. The molecule has 7 nitrogen and oxygen atoms in total. The third-order valence-electron chi connectivity index (χ3n) is 4.96. The van der Waals surface area contributed by atoms with Crippen LogP contribution >= 0.6 is 0 Å². The highest BCUT2D eigenvalue weighted by atomic mass is 16.5. The number of methoxy groups -OCH3 is 1. The number of H-pyrrole nitrogens is 1. The number of imidazole rings is 1. The molecule has 0 bridgehead atoms. The lowest BCUT2D eigenvalue weighted by atomic mass is 10.0. The number of nitrogens with zero attached hydrogens (tertiary/aromatic N) is 3. The zero-order chi connectivity index (χ0) is 18.3. The molecule has 1 fully saturated rings. The molecule has 0 radical (unpaired) electrons. The Morgan fingerprint density at radius 2 is 2.19 bits per heavy atom. The first kappa shape index (κ1) is 16.8. The molecule has 7 heteroatoms. The Bertz CT molecular complexity index is 945. The van der Waals surface area contributed by atoms with E-state index in [0.29, 0.717) is 25.1 Å². The highest BCUT2D eigenvalue weighted by Crippen LogP contribution is 2.26. The van der Waals surface area contributed by atoms with Crippen molar-refractivity contribution in [3.63, 3.8) is 0 Å². The van der Waals surface area contributed by atoms with E-state index in [1.165, 1.54) is 0 Å². The fraction of sp³-hybridized carbons (Fsp3) is 0.421. The number of rotatable bonds is 4. The van der Waals surface area contributed by atoms with Gasteiger partial charge in [-0.15, -0.1) is 0 Å². The van der Waals surface area contributed by atoms with Crippen molar-refractivity contribution in [2.45, 2.75) is 26.4 Å². The Kier molecular flexibility index (Phi) is 4.24. The number of amides is 1. The summed E-state index contributed by atoms with van der Waals surface area (Å²) >= 11 is 0. The van der Waals surface area contributed by atoms with Crippen LogP contribution in [0.15, 0.2) is 28.8 Å². The fourth-order valence-electron chi connectivity index (χ4n) is 3.69. The number of ether oxygens (including phenoxy) is 1. The van der Waals surface area contributed by atoms with Crippen LogP contribution in [0.4, 0.5) is 0 Å². The minimum Gasteiger partial charge on any atom is -0.379 e. The number of hydrogen-bond acceptors (Lipinski definition) is 5. The van der Waals surface area contributed by atoms with E-state index >= 15 is 0 Å². The smallest absolute Gasteiger partial charge is 0.254 e. The molecule has 1 aliphatic heterocycles. The Morgan fingerprint density at radius 1 is 1.35 bits per heavy atom. The number of carbonyl (C=O) groups excluding carboxylic acids is 1.